The highest BCUT2D eigenvalue weighted by Crippen LogP contribution is 2.35. The molecule has 0 fully saturated rings. The maximum absolute atomic E-state index is 13.9. The summed E-state index contributed by atoms with van der Waals surface area (Å²) in [5.41, 5.74) is 2.12. The lowest BCUT2D eigenvalue weighted by Gasteiger charge is -2.31. The van der Waals surface area contributed by atoms with Crippen LogP contribution in [-0.4, -0.2) is 17.5 Å². The van der Waals surface area contributed by atoms with Crippen LogP contribution in [0.3, 0.4) is 0 Å². The van der Waals surface area contributed by atoms with Crippen molar-refractivity contribution in [1.82, 2.24) is 4.90 Å². The molecule has 0 unspecified atom stereocenters. The molecule has 3 aromatic rings. The Bertz CT molecular complexity index is 951. The number of nitrogens with zero attached hydrogens (tertiary/aromatic N) is 2. The van der Waals surface area contributed by atoms with E-state index in [1.165, 1.54) is 0 Å². The van der Waals surface area contributed by atoms with Gasteiger partial charge in [0, 0.05) is 33.2 Å². The van der Waals surface area contributed by atoms with Crippen molar-refractivity contribution in [2.24, 2.45) is 0 Å². The highest BCUT2D eigenvalue weighted by atomic mass is 35.5. The Balaban J connectivity index is 2.07. The van der Waals surface area contributed by atoms with Crippen molar-refractivity contribution >= 4 is 63.8 Å². The molecule has 0 saturated heterocycles. The molecular weight excluding hydrogens is 474 g/mol. The van der Waals surface area contributed by atoms with E-state index >= 15 is 0 Å². The fourth-order valence-corrected chi connectivity index (χ4v) is 4.27. The third-order valence-electron chi connectivity index (χ3n) is 4.67. The van der Waals surface area contributed by atoms with Gasteiger partial charge >= 0.3 is 6.03 Å². The van der Waals surface area contributed by atoms with Crippen LogP contribution in [0.4, 0.5) is 16.2 Å². The van der Waals surface area contributed by atoms with Crippen LogP contribution in [-0.2, 0) is 6.54 Å². The van der Waals surface area contributed by atoms with E-state index in [1.807, 2.05) is 35.2 Å². The molecule has 0 atom stereocenters. The van der Waals surface area contributed by atoms with Gasteiger partial charge in [0.05, 0.1) is 11.4 Å². The molecule has 0 heterocycles. The van der Waals surface area contributed by atoms with Gasteiger partial charge in [-0.15, -0.1) is 0 Å². The van der Waals surface area contributed by atoms with Crippen molar-refractivity contribution in [3.8, 4) is 0 Å². The number of halogens is 4. The molecule has 3 aromatic carbocycles. The molecule has 3 nitrogen and oxygen atoms in total. The Morgan fingerprint density at radius 1 is 0.774 bits per heavy atom. The Morgan fingerprint density at radius 2 is 1.26 bits per heavy atom. The van der Waals surface area contributed by atoms with E-state index in [2.05, 4.69) is 6.92 Å². The highest BCUT2D eigenvalue weighted by Gasteiger charge is 2.25. The quantitative estimate of drug-likeness (QED) is 0.321. The average molecular weight is 496 g/mol. The van der Waals surface area contributed by atoms with Gasteiger partial charge in [-0.3, -0.25) is 4.90 Å². The van der Waals surface area contributed by atoms with Crippen LogP contribution in [0, 0.1) is 0 Å². The number of carbonyl (C=O) groups is 1. The first-order valence-corrected chi connectivity index (χ1v) is 11.4. The lowest BCUT2D eigenvalue weighted by atomic mass is 10.2. The molecule has 0 aromatic heterocycles. The van der Waals surface area contributed by atoms with E-state index in [-0.39, 0.29) is 6.03 Å². The van der Waals surface area contributed by atoms with Crippen molar-refractivity contribution in [2.75, 3.05) is 11.4 Å². The summed E-state index contributed by atoms with van der Waals surface area (Å²) in [7, 11) is 0. The van der Waals surface area contributed by atoms with Gasteiger partial charge in [-0.2, -0.15) is 0 Å². The predicted octanol–water partition coefficient (Wildman–Crippen LogP) is 8.86. The molecule has 3 rings (SSSR count). The molecule has 0 radical (unpaired) electrons. The second kappa shape index (κ2) is 11.1. The van der Waals surface area contributed by atoms with Gasteiger partial charge in [-0.1, -0.05) is 90.1 Å². The number of urea groups is 1. The number of amides is 2. The van der Waals surface area contributed by atoms with Crippen LogP contribution in [0.5, 0.6) is 0 Å². The summed E-state index contributed by atoms with van der Waals surface area (Å²) >= 11 is 25.0. The first kappa shape index (κ1) is 23.7. The molecule has 0 aliphatic rings. The van der Waals surface area contributed by atoms with Crippen LogP contribution >= 0.6 is 46.4 Å². The molecule has 0 saturated carbocycles. The molecule has 0 bridgehead atoms. The molecular formula is C24H22Cl4N2O. The molecule has 0 aliphatic carbocycles. The zero-order chi connectivity index (χ0) is 22.4. The number of unbranched alkanes of at least 4 members (excludes halogenated alkanes) is 1. The summed E-state index contributed by atoms with van der Waals surface area (Å²) in [6.45, 7) is 3.17. The lowest BCUT2D eigenvalue weighted by molar-refractivity contribution is 0.203. The van der Waals surface area contributed by atoms with Crippen LogP contribution in [0.15, 0.2) is 66.7 Å². The van der Waals surface area contributed by atoms with Gasteiger partial charge in [0.1, 0.15) is 0 Å². The van der Waals surface area contributed by atoms with E-state index in [0.29, 0.717) is 44.6 Å². The highest BCUT2D eigenvalue weighted by molar-refractivity contribution is 6.36. The summed E-state index contributed by atoms with van der Waals surface area (Å²) in [4.78, 5) is 17.2. The van der Waals surface area contributed by atoms with Crippen molar-refractivity contribution in [1.29, 1.82) is 0 Å². The first-order chi connectivity index (χ1) is 14.9. The number of rotatable bonds is 7. The molecule has 0 aliphatic heterocycles. The van der Waals surface area contributed by atoms with Gasteiger partial charge in [0.25, 0.3) is 0 Å². The first-order valence-electron chi connectivity index (χ1n) is 9.92. The molecule has 7 heteroatoms. The largest absolute Gasteiger partial charge is 0.329 e. The van der Waals surface area contributed by atoms with Gasteiger partial charge in [0.2, 0.25) is 0 Å². The molecule has 0 N–H and O–H groups in total. The van der Waals surface area contributed by atoms with E-state index in [9.17, 15) is 4.79 Å². The second-order valence-electron chi connectivity index (χ2n) is 7.13. The second-order valence-corrected chi connectivity index (χ2v) is 8.88. The van der Waals surface area contributed by atoms with Gasteiger partial charge in [0.15, 0.2) is 0 Å². The Morgan fingerprint density at radius 3 is 1.71 bits per heavy atom. The van der Waals surface area contributed by atoms with E-state index in [0.717, 1.165) is 18.4 Å². The molecule has 31 heavy (non-hydrogen) atoms. The molecule has 162 valence electrons. The smallest absolute Gasteiger partial charge is 0.320 e. The monoisotopic (exact) mass is 494 g/mol. The fourth-order valence-electron chi connectivity index (χ4n) is 3.24. The standard InChI is InChI=1S/C24H22Cl4N2O/c1-2-3-9-29(16-17-7-5-4-6-8-17)24(31)30(22-12-18(25)10-19(26)13-22)23-14-20(27)11-21(28)15-23/h4-8,10-15H,2-3,9,16H2,1H3. The third kappa shape index (κ3) is 6.54. The zero-order valence-electron chi connectivity index (χ0n) is 17.0. The Labute approximate surface area is 203 Å². The summed E-state index contributed by atoms with van der Waals surface area (Å²) in [5, 5.41) is 1.71. The van der Waals surface area contributed by atoms with Crippen molar-refractivity contribution in [2.45, 2.75) is 26.3 Å². The van der Waals surface area contributed by atoms with E-state index in [4.69, 9.17) is 46.4 Å². The average Bonchev–Trinajstić information content (AvgIpc) is 2.70. The predicted molar refractivity (Wildman–Crippen MR) is 132 cm³/mol. The summed E-state index contributed by atoms with van der Waals surface area (Å²) in [5.74, 6) is 0. The van der Waals surface area contributed by atoms with E-state index in [1.54, 1.807) is 41.3 Å². The SMILES string of the molecule is CCCCN(Cc1ccccc1)C(=O)N(c1cc(Cl)cc(Cl)c1)c1cc(Cl)cc(Cl)c1. The summed E-state index contributed by atoms with van der Waals surface area (Å²) < 4.78 is 0. The number of hydrogen-bond donors (Lipinski definition) is 0. The fraction of sp³-hybridized carbons (Fsp3) is 0.208. The Kier molecular flexibility index (Phi) is 8.50. The van der Waals surface area contributed by atoms with Gasteiger partial charge < -0.3 is 4.90 Å². The van der Waals surface area contributed by atoms with Crippen LogP contribution in [0.2, 0.25) is 20.1 Å². The number of carbonyl (C=O) groups excluding carboxylic acids is 1. The van der Waals surface area contributed by atoms with Crippen LogP contribution in [0.25, 0.3) is 0 Å². The van der Waals surface area contributed by atoms with Crippen molar-refractivity contribution in [3.63, 3.8) is 0 Å². The third-order valence-corrected chi connectivity index (χ3v) is 5.54. The lowest BCUT2D eigenvalue weighted by Crippen LogP contribution is -2.41. The van der Waals surface area contributed by atoms with Crippen molar-refractivity contribution in [3.05, 3.63) is 92.4 Å². The minimum absolute atomic E-state index is 0.214. The summed E-state index contributed by atoms with van der Waals surface area (Å²) in [6, 6.07) is 19.7. The minimum Gasteiger partial charge on any atom is -0.320 e. The zero-order valence-corrected chi connectivity index (χ0v) is 20.0. The van der Waals surface area contributed by atoms with Crippen molar-refractivity contribution < 1.29 is 4.79 Å². The normalized spacial score (nSPS) is 10.7. The van der Waals surface area contributed by atoms with E-state index < -0.39 is 0 Å². The van der Waals surface area contributed by atoms with Gasteiger partial charge in [-0.25, -0.2) is 4.79 Å². The topological polar surface area (TPSA) is 23.6 Å². The van der Waals surface area contributed by atoms with Crippen LogP contribution in [0.1, 0.15) is 25.3 Å². The van der Waals surface area contributed by atoms with Crippen LogP contribution < -0.4 is 4.90 Å². The number of anilines is 2. The maximum Gasteiger partial charge on any atom is 0.329 e. The number of benzene rings is 3. The summed E-state index contributed by atoms with van der Waals surface area (Å²) in [6.07, 6.45) is 1.84. The minimum atomic E-state index is -0.214. The van der Waals surface area contributed by atoms with Gasteiger partial charge in [-0.05, 0) is 48.4 Å². The molecule has 2 amide bonds. The number of hydrogen-bond acceptors (Lipinski definition) is 1. The maximum atomic E-state index is 13.9. The Hall–Kier alpha value is -1.91. The molecule has 0 spiro atoms.